The van der Waals surface area contributed by atoms with Crippen LogP contribution in [0.2, 0.25) is 0 Å². The zero-order chi connectivity index (χ0) is 22.1. The van der Waals surface area contributed by atoms with Crippen molar-refractivity contribution in [1.29, 1.82) is 5.26 Å². The molecule has 9 nitrogen and oxygen atoms in total. The van der Waals surface area contributed by atoms with Crippen LogP contribution in [0.15, 0.2) is 30.6 Å². The van der Waals surface area contributed by atoms with Crippen LogP contribution in [0.3, 0.4) is 0 Å². The quantitative estimate of drug-likeness (QED) is 0.502. The molecule has 3 aromatic rings. The molecule has 0 saturated carbocycles. The highest BCUT2D eigenvalue weighted by molar-refractivity contribution is 7.17. The third-order valence-electron chi connectivity index (χ3n) is 6.29. The molecule has 2 fully saturated rings. The van der Waals surface area contributed by atoms with E-state index in [0.29, 0.717) is 40.4 Å². The number of fused-ring (bicyclic) bond motifs is 3. The number of hydrogen-bond donors (Lipinski definition) is 3. The van der Waals surface area contributed by atoms with Crippen molar-refractivity contribution in [3.63, 3.8) is 0 Å². The van der Waals surface area contributed by atoms with E-state index >= 15 is 0 Å². The maximum absolute atomic E-state index is 11.4. The SMILES string of the molecule is N#CCCN1[C@@H]2CC[C@H]1CC(Nc1nc(Nc3ncc(C(N)=O)s3)cc3ncccc13)C2. The van der Waals surface area contributed by atoms with E-state index in [1.807, 2.05) is 18.2 Å². The van der Waals surface area contributed by atoms with Crippen molar-refractivity contribution in [2.45, 2.75) is 50.2 Å². The summed E-state index contributed by atoms with van der Waals surface area (Å²) in [6, 6.07) is 9.45. The zero-order valence-electron chi connectivity index (χ0n) is 17.5. The Kier molecular flexibility index (Phi) is 5.59. The van der Waals surface area contributed by atoms with Gasteiger partial charge in [0, 0.05) is 48.7 Å². The molecule has 5 heterocycles. The summed E-state index contributed by atoms with van der Waals surface area (Å²) in [6.45, 7) is 0.865. The van der Waals surface area contributed by atoms with Gasteiger partial charge in [0.15, 0.2) is 5.13 Å². The largest absolute Gasteiger partial charge is 0.367 e. The van der Waals surface area contributed by atoms with E-state index in [9.17, 15) is 4.79 Å². The van der Waals surface area contributed by atoms with Gasteiger partial charge in [-0.25, -0.2) is 9.97 Å². The Morgan fingerprint density at radius 1 is 1.31 bits per heavy atom. The van der Waals surface area contributed by atoms with Crippen LogP contribution in [0.1, 0.15) is 41.8 Å². The van der Waals surface area contributed by atoms with E-state index < -0.39 is 5.91 Å². The van der Waals surface area contributed by atoms with Crippen molar-refractivity contribution in [2.75, 3.05) is 17.2 Å². The predicted octanol–water partition coefficient (Wildman–Crippen LogP) is 3.25. The van der Waals surface area contributed by atoms with Crippen LogP contribution < -0.4 is 16.4 Å². The Bertz CT molecular complexity index is 1170. The molecule has 0 spiro atoms. The molecule has 2 aliphatic heterocycles. The minimum absolute atomic E-state index is 0.318. The van der Waals surface area contributed by atoms with Crippen LogP contribution in [0.25, 0.3) is 10.9 Å². The maximum Gasteiger partial charge on any atom is 0.260 e. The fourth-order valence-electron chi connectivity index (χ4n) is 4.93. The Morgan fingerprint density at radius 3 is 2.84 bits per heavy atom. The van der Waals surface area contributed by atoms with E-state index in [4.69, 9.17) is 16.0 Å². The number of piperidine rings is 1. The van der Waals surface area contributed by atoms with Crippen molar-refractivity contribution >= 4 is 44.9 Å². The minimum atomic E-state index is -0.498. The summed E-state index contributed by atoms with van der Waals surface area (Å²) in [7, 11) is 0. The van der Waals surface area contributed by atoms with Crippen molar-refractivity contribution < 1.29 is 4.79 Å². The topological polar surface area (TPSA) is 133 Å². The average molecular weight is 449 g/mol. The molecule has 2 bridgehead atoms. The van der Waals surface area contributed by atoms with Gasteiger partial charge < -0.3 is 16.4 Å². The third-order valence-corrected chi connectivity index (χ3v) is 7.22. The molecule has 10 heteroatoms. The molecule has 1 amide bonds. The lowest BCUT2D eigenvalue weighted by molar-refractivity contribution is 0.100. The fourth-order valence-corrected chi connectivity index (χ4v) is 5.61. The number of nitrogens with zero attached hydrogens (tertiary/aromatic N) is 5. The molecule has 5 rings (SSSR count). The first-order chi connectivity index (χ1) is 15.6. The minimum Gasteiger partial charge on any atom is -0.367 e. The Balaban J connectivity index is 1.37. The first-order valence-corrected chi connectivity index (χ1v) is 11.6. The van der Waals surface area contributed by atoms with Crippen molar-refractivity contribution in [3.8, 4) is 6.07 Å². The predicted molar refractivity (Wildman–Crippen MR) is 124 cm³/mol. The van der Waals surface area contributed by atoms with Crippen LogP contribution in [0.5, 0.6) is 0 Å². The van der Waals surface area contributed by atoms with Gasteiger partial charge in [0.1, 0.15) is 16.5 Å². The normalized spacial score (nSPS) is 22.5. The van der Waals surface area contributed by atoms with E-state index in [2.05, 4.69) is 31.6 Å². The van der Waals surface area contributed by atoms with Crippen molar-refractivity contribution in [2.24, 2.45) is 5.73 Å². The van der Waals surface area contributed by atoms with Crippen molar-refractivity contribution in [3.05, 3.63) is 35.5 Å². The second-order valence-electron chi connectivity index (χ2n) is 8.29. The van der Waals surface area contributed by atoms with Gasteiger partial charge in [-0.05, 0) is 37.8 Å². The molecule has 32 heavy (non-hydrogen) atoms. The fraction of sp³-hybridized carbons (Fsp3) is 0.409. The molecule has 3 aromatic heterocycles. The molecule has 4 N–H and O–H groups in total. The Morgan fingerprint density at radius 2 is 2.12 bits per heavy atom. The van der Waals surface area contributed by atoms with Crippen LogP contribution in [0, 0.1) is 11.3 Å². The smallest absolute Gasteiger partial charge is 0.260 e. The first-order valence-electron chi connectivity index (χ1n) is 10.8. The lowest BCUT2D eigenvalue weighted by atomic mass is 9.97. The van der Waals surface area contributed by atoms with Crippen LogP contribution >= 0.6 is 11.3 Å². The second kappa shape index (κ2) is 8.68. The Labute approximate surface area is 189 Å². The van der Waals surface area contributed by atoms with E-state index in [1.165, 1.54) is 30.4 Å². The number of anilines is 3. The number of rotatable bonds is 7. The molecule has 0 aliphatic carbocycles. The summed E-state index contributed by atoms with van der Waals surface area (Å²) in [6.07, 6.45) is 8.28. The van der Waals surface area contributed by atoms with Crippen LogP contribution in [0.4, 0.5) is 16.8 Å². The van der Waals surface area contributed by atoms with Gasteiger partial charge in [-0.2, -0.15) is 5.26 Å². The maximum atomic E-state index is 11.4. The summed E-state index contributed by atoms with van der Waals surface area (Å²) >= 11 is 1.19. The van der Waals surface area contributed by atoms with Crippen LogP contribution in [-0.4, -0.2) is 50.4 Å². The summed E-state index contributed by atoms with van der Waals surface area (Å²) in [5.41, 5.74) is 6.16. The van der Waals surface area contributed by atoms with Gasteiger partial charge in [-0.15, -0.1) is 0 Å². The highest BCUT2D eigenvalue weighted by atomic mass is 32.1. The highest BCUT2D eigenvalue weighted by Gasteiger charge is 2.40. The molecule has 1 unspecified atom stereocenters. The molecule has 0 radical (unpaired) electrons. The molecule has 2 aliphatic rings. The van der Waals surface area contributed by atoms with E-state index in [1.54, 1.807) is 6.20 Å². The number of nitrogens with two attached hydrogens (primary N) is 1. The molecule has 3 atom stereocenters. The number of primary amides is 1. The van der Waals surface area contributed by atoms with Gasteiger partial charge in [0.25, 0.3) is 5.91 Å². The highest BCUT2D eigenvalue weighted by Crippen LogP contribution is 2.37. The van der Waals surface area contributed by atoms with Gasteiger partial charge in [-0.3, -0.25) is 14.7 Å². The third kappa shape index (κ3) is 4.09. The lowest BCUT2D eigenvalue weighted by Gasteiger charge is -2.39. The van der Waals surface area contributed by atoms with E-state index in [0.717, 1.165) is 36.1 Å². The van der Waals surface area contributed by atoms with Gasteiger partial charge in [0.05, 0.1) is 17.8 Å². The molecule has 164 valence electrons. The lowest BCUT2D eigenvalue weighted by Crippen LogP contribution is -2.47. The molecular formula is C22H24N8OS. The standard InChI is InChI=1S/C22H24N8OS/c23-6-2-8-30-14-4-5-15(30)10-13(9-14)27-21-16-3-1-7-25-17(16)11-19(28-21)29-22-26-12-18(32-22)20(24)31/h1,3,7,11-15H,2,4-5,8-10H2,(H2,24,31)(H2,26,27,28,29)/t13?,14-,15+. The number of aromatic nitrogens is 3. The van der Waals surface area contributed by atoms with Crippen molar-refractivity contribution in [1.82, 2.24) is 19.9 Å². The number of thiazole rings is 1. The Hall–Kier alpha value is -3.29. The molecule has 2 saturated heterocycles. The first kappa shape index (κ1) is 20.6. The second-order valence-corrected chi connectivity index (χ2v) is 9.32. The number of hydrogen-bond acceptors (Lipinski definition) is 9. The van der Waals surface area contributed by atoms with Gasteiger partial charge in [-0.1, -0.05) is 11.3 Å². The summed E-state index contributed by atoms with van der Waals surface area (Å²) in [4.78, 5) is 27.8. The average Bonchev–Trinajstić information content (AvgIpc) is 3.34. The number of carbonyl (C=O) groups is 1. The van der Waals surface area contributed by atoms with Gasteiger partial charge in [0.2, 0.25) is 0 Å². The molecule has 0 aromatic carbocycles. The number of carbonyl (C=O) groups excluding carboxylic acids is 1. The molecular weight excluding hydrogens is 424 g/mol. The summed E-state index contributed by atoms with van der Waals surface area (Å²) < 4.78 is 0. The summed E-state index contributed by atoms with van der Waals surface area (Å²) in [5.74, 6) is 0.903. The summed E-state index contributed by atoms with van der Waals surface area (Å²) in [5, 5.41) is 17.3. The monoisotopic (exact) mass is 448 g/mol. The number of nitrogens with one attached hydrogen (secondary N) is 2. The van der Waals surface area contributed by atoms with Gasteiger partial charge >= 0.3 is 0 Å². The number of amides is 1. The number of pyridine rings is 2. The van der Waals surface area contributed by atoms with E-state index in [-0.39, 0.29) is 0 Å². The van der Waals surface area contributed by atoms with Crippen LogP contribution in [-0.2, 0) is 0 Å². The number of nitriles is 1. The zero-order valence-corrected chi connectivity index (χ0v) is 18.3.